The highest BCUT2D eigenvalue weighted by molar-refractivity contribution is 6.03. The van der Waals surface area contributed by atoms with Crippen molar-refractivity contribution in [3.05, 3.63) is 71.5 Å². The fourth-order valence-corrected chi connectivity index (χ4v) is 3.46. The lowest BCUT2D eigenvalue weighted by Gasteiger charge is -2.17. The fourth-order valence-electron chi connectivity index (χ4n) is 3.46. The van der Waals surface area contributed by atoms with Gasteiger partial charge in [0.1, 0.15) is 0 Å². The molecule has 0 bridgehead atoms. The molecule has 1 aromatic heterocycles. The Kier molecular flexibility index (Phi) is 4.21. The highest BCUT2D eigenvalue weighted by Crippen LogP contribution is 2.30. The number of anilines is 2. The molecule has 5 nitrogen and oxygen atoms in total. The van der Waals surface area contributed by atoms with E-state index in [-0.39, 0.29) is 5.91 Å². The molecule has 0 aliphatic carbocycles. The second-order valence-corrected chi connectivity index (χ2v) is 6.55. The Morgan fingerprint density at radius 2 is 1.96 bits per heavy atom. The summed E-state index contributed by atoms with van der Waals surface area (Å²) in [5, 5.41) is 7.46. The molecular weight excluding hydrogens is 324 g/mol. The third-order valence-electron chi connectivity index (χ3n) is 4.84. The molecule has 1 amide bonds. The summed E-state index contributed by atoms with van der Waals surface area (Å²) in [6.45, 7) is 6.12. The van der Waals surface area contributed by atoms with E-state index < -0.39 is 0 Å². The van der Waals surface area contributed by atoms with Gasteiger partial charge < -0.3 is 10.2 Å². The van der Waals surface area contributed by atoms with Gasteiger partial charge in [0.15, 0.2) is 5.69 Å². The predicted octanol–water partition coefficient (Wildman–Crippen LogP) is 3.82. The molecular formula is C21H22N4O. The highest BCUT2D eigenvalue weighted by atomic mass is 16.1. The van der Waals surface area contributed by atoms with Gasteiger partial charge in [0, 0.05) is 30.2 Å². The largest absolute Gasteiger partial charge is 0.371 e. The van der Waals surface area contributed by atoms with Crippen LogP contribution in [0.5, 0.6) is 0 Å². The number of likely N-dealkylation sites (N-methyl/N-ethyl adjacent to an activating group) is 1. The average Bonchev–Trinajstić information content (AvgIpc) is 3.25. The lowest BCUT2D eigenvalue weighted by atomic mass is 10.1. The minimum atomic E-state index is -0.191. The molecule has 1 N–H and O–H groups in total. The number of aryl methyl sites for hydroxylation is 1. The molecule has 0 unspecified atom stereocenters. The zero-order valence-corrected chi connectivity index (χ0v) is 15.1. The van der Waals surface area contributed by atoms with Gasteiger partial charge in [-0.3, -0.25) is 4.79 Å². The van der Waals surface area contributed by atoms with Gasteiger partial charge in [-0.05, 0) is 56.2 Å². The SMILES string of the molecule is CCN1CCc2ccc(NC(=O)c3cc(C)n(-c4ccccc4)n3)cc21. The number of benzene rings is 2. The monoisotopic (exact) mass is 346 g/mol. The van der Waals surface area contributed by atoms with Crippen LogP contribution in [0, 0.1) is 6.92 Å². The van der Waals surface area contributed by atoms with Crippen molar-refractivity contribution in [2.75, 3.05) is 23.3 Å². The van der Waals surface area contributed by atoms with Gasteiger partial charge in [0.05, 0.1) is 5.69 Å². The topological polar surface area (TPSA) is 50.2 Å². The van der Waals surface area contributed by atoms with Gasteiger partial charge in [0.25, 0.3) is 5.91 Å². The molecule has 0 spiro atoms. The number of carbonyl (C=O) groups is 1. The van der Waals surface area contributed by atoms with Crippen molar-refractivity contribution in [1.29, 1.82) is 0 Å². The normalized spacial score (nSPS) is 12.9. The molecule has 5 heteroatoms. The van der Waals surface area contributed by atoms with E-state index in [2.05, 4.69) is 34.4 Å². The molecule has 4 rings (SSSR count). The van der Waals surface area contributed by atoms with Crippen molar-refractivity contribution < 1.29 is 4.79 Å². The quantitative estimate of drug-likeness (QED) is 0.781. The summed E-state index contributed by atoms with van der Waals surface area (Å²) in [5.74, 6) is -0.191. The number of aromatic nitrogens is 2. The minimum Gasteiger partial charge on any atom is -0.371 e. The Labute approximate surface area is 153 Å². The molecule has 0 saturated heterocycles. The molecule has 0 radical (unpaired) electrons. The number of hydrogen-bond acceptors (Lipinski definition) is 3. The number of nitrogens with zero attached hydrogens (tertiary/aromatic N) is 3. The summed E-state index contributed by atoms with van der Waals surface area (Å²) in [5.41, 5.74) is 5.65. The van der Waals surface area contributed by atoms with Crippen LogP contribution in [-0.2, 0) is 6.42 Å². The maximum atomic E-state index is 12.7. The van der Waals surface area contributed by atoms with Gasteiger partial charge in [-0.25, -0.2) is 4.68 Å². The maximum Gasteiger partial charge on any atom is 0.276 e. The lowest BCUT2D eigenvalue weighted by molar-refractivity contribution is 0.102. The molecule has 2 heterocycles. The maximum absolute atomic E-state index is 12.7. The zero-order valence-electron chi connectivity index (χ0n) is 15.1. The lowest BCUT2D eigenvalue weighted by Crippen LogP contribution is -2.19. The minimum absolute atomic E-state index is 0.191. The third kappa shape index (κ3) is 2.96. The van der Waals surface area contributed by atoms with Crippen molar-refractivity contribution in [1.82, 2.24) is 9.78 Å². The molecule has 0 saturated carbocycles. The second kappa shape index (κ2) is 6.67. The van der Waals surface area contributed by atoms with Crippen LogP contribution in [0.25, 0.3) is 5.69 Å². The number of hydrogen-bond donors (Lipinski definition) is 1. The Hall–Kier alpha value is -3.08. The zero-order chi connectivity index (χ0) is 18.1. The number of carbonyl (C=O) groups excluding carboxylic acids is 1. The number of fused-ring (bicyclic) bond motifs is 1. The Balaban J connectivity index is 1.56. The molecule has 132 valence electrons. The van der Waals surface area contributed by atoms with E-state index in [0.717, 1.165) is 36.6 Å². The summed E-state index contributed by atoms with van der Waals surface area (Å²) in [6, 6.07) is 17.8. The van der Waals surface area contributed by atoms with Gasteiger partial charge in [-0.2, -0.15) is 5.10 Å². The summed E-state index contributed by atoms with van der Waals surface area (Å²) in [4.78, 5) is 15.0. The van der Waals surface area contributed by atoms with E-state index in [1.807, 2.05) is 49.4 Å². The smallest absolute Gasteiger partial charge is 0.276 e. The third-order valence-corrected chi connectivity index (χ3v) is 4.84. The summed E-state index contributed by atoms with van der Waals surface area (Å²) >= 11 is 0. The molecule has 1 aliphatic rings. The summed E-state index contributed by atoms with van der Waals surface area (Å²) in [6.07, 6.45) is 1.07. The Bertz CT molecular complexity index is 946. The summed E-state index contributed by atoms with van der Waals surface area (Å²) < 4.78 is 1.79. The first kappa shape index (κ1) is 16.4. The molecule has 2 aromatic carbocycles. The van der Waals surface area contributed by atoms with Crippen molar-refractivity contribution in [3.8, 4) is 5.69 Å². The molecule has 0 fully saturated rings. The van der Waals surface area contributed by atoms with E-state index in [9.17, 15) is 4.79 Å². The Morgan fingerprint density at radius 3 is 2.73 bits per heavy atom. The Morgan fingerprint density at radius 1 is 1.15 bits per heavy atom. The van der Waals surface area contributed by atoms with E-state index in [1.165, 1.54) is 11.3 Å². The van der Waals surface area contributed by atoms with Crippen LogP contribution in [0.15, 0.2) is 54.6 Å². The van der Waals surface area contributed by atoms with E-state index in [4.69, 9.17) is 0 Å². The van der Waals surface area contributed by atoms with Crippen LogP contribution in [0.4, 0.5) is 11.4 Å². The first-order valence-corrected chi connectivity index (χ1v) is 8.97. The number of rotatable bonds is 4. The van der Waals surface area contributed by atoms with Gasteiger partial charge >= 0.3 is 0 Å². The highest BCUT2D eigenvalue weighted by Gasteiger charge is 2.19. The van der Waals surface area contributed by atoms with Crippen molar-refractivity contribution in [2.45, 2.75) is 20.3 Å². The van der Waals surface area contributed by atoms with Crippen LogP contribution in [0.3, 0.4) is 0 Å². The molecule has 26 heavy (non-hydrogen) atoms. The van der Waals surface area contributed by atoms with Crippen LogP contribution in [-0.4, -0.2) is 28.8 Å². The van der Waals surface area contributed by atoms with Crippen LogP contribution >= 0.6 is 0 Å². The molecule has 3 aromatic rings. The van der Waals surface area contributed by atoms with Gasteiger partial charge in [-0.15, -0.1) is 0 Å². The first-order chi connectivity index (χ1) is 12.7. The number of para-hydroxylation sites is 1. The summed E-state index contributed by atoms with van der Waals surface area (Å²) in [7, 11) is 0. The van der Waals surface area contributed by atoms with Crippen molar-refractivity contribution >= 4 is 17.3 Å². The average molecular weight is 346 g/mol. The standard InChI is InChI=1S/C21H22N4O/c1-3-24-12-11-16-9-10-17(14-20(16)24)22-21(26)19-13-15(2)25(23-19)18-7-5-4-6-8-18/h4-10,13-14H,3,11-12H2,1-2H3,(H,22,26). The number of amides is 1. The van der Waals surface area contributed by atoms with Crippen LogP contribution < -0.4 is 10.2 Å². The molecule has 0 atom stereocenters. The van der Waals surface area contributed by atoms with Gasteiger partial charge in [0.2, 0.25) is 0 Å². The fraction of sp³-hybridized carbons (Fsp3) is 0.238. The molecule has 1 aliphatic heterocycles. The van der Waals surface area contributed by atoms with Crippen LogP contribution in [0.2, 0.25) is 0 Å². The predicted molar refractivity (Wildman–Crippen MR) is 104 cm³/mol. The van der Waals surface area contributed by atoms with Crippen molar-refractivity contribution in [3.63, 3.8) is 0 Å². The second-order valence-electron chi connectivity index (χ2n) is 6.55. The number of nitrogens with one attached hydrogen (secondary N) is 1. The van der Waals surface area contributed by atoms with E-state index in [0.29, 0.717) is 5.69 Å². The van der Waals surface area contributed by atoms with Crippen molar-refractivity contribution in [2.24, 2.45) is 0 Å². The van der Waals surface area contributed by atoms with E-state index in [1.54, 1.807) is 4.68 Å². The first-order valence-electron chi connectivity index (χ1n) is 8.97. The van der Waals surface area contributed by atoms with Crippen LogP contribution in [0.1, 0.15) is 28.7 Å². The van der Waals surface area contributed by atoms with E-state index >= 15 is 0 Å². The van der Waals surface area contributed by atoms with Gasteiger partial charge in [-0.1, -0.05) is 24.3 Å².